The van der Waals surface area contributed by atoms with E-state index in [2.05, 4.69) is 4.72 Å². The van der Waals surface area contributed by atoms with Crippen LogP contribution in [0.1, 0.15) is 35.2 Å². The van der Waals surface area contributed by atoms with E-state index in [-0.39, 0.29) is 17.0 Å². The van der Waals surface area contributed by atoms with Crippen molar-refractivity contribution in [1.29, 1.82) is 0 Å². The standard InChI is InChI=1S/C14H19NO5S/c1-10-5-3-6-11(12(10)13(16)17)15-21(18,19)9-14(20-2)7-4-8-14/h3,5-6,15H,4,7-9H2,1-2H3,(H,16,17). The zero-order valence-electron chi connectivity index (χ0n) is 12.0. The van der Waals surface area contributed by atoms with E-state index in [0.717, 1.165) is 6.42 Å². The molecule has 6 nitrogen and oxygen atoms in total. The smallest absolute Gasteiger partial charge is 0.338 e. The van der Waals surface area contributed by atoms with Crippen molar-refractivity contribution in [2.24, 2.45) is 0 Å². The Labute approximate surface area is 124 Å². The van der Waals surface area contributed by atoms with Crippen LogP contribution in [-0.2, 0) is 14.8 Å². The second-order valence-electron chi connectivity index (χ2n) is 5.40. The van der Waals surface area contributed by atoms with E-state index < -0.39 is 21.6 Å². The maximum atomic E-state index is 12.3. The number of nitrogens with one attached hydrogen (secondary N) is 1. The van der Waals surface area contributed by atoms with Gasteiger partial charge >= 0.3 is 5.97 Å². The van der Waals surface area contributed by atoms with Gasteiger partial charge in [-0.25, -0.2) is 13.2 Å². The fourth-order valence-electron chi connectivity index (χ4n) is 2.57. The van der Waals surface area contributed by atoms with Crippen molar-refractivity contribution < 1.29 is 23.1 Å². The van der Waals surface area contributed by atoms with Gasteiger partial charge in [0.05, 0.1) is 22.6 Å². The number of rotatable bonds is 6. The normalized spacial score (nSPS) is 17.0. The molecule has 0 radical (unpaired) electrons. The molecule has 21 heavy (non-hydrogen) atoms. The van der Waals surface area contributed by atoms with Crippen molar-refractivity contribution in [1.82, 2.24) is 0 Å². The van der Waals surface area contributed by atoms with Crippen LogP contribution >= 0.6 is 0 Å². The summed E-state index contributed by atoms with van der Waals surface area (Å²) in [5.41, 5.74) is -0.0685. The van der Waals surface area contributed by atoms with E-state index in [1.165, 1.54) is 13.2 Å². The number of hydrogen-bond acceptors (Lipinski definition) is 4. The molecule has 0 heterocycles. The summed E-state index contributed by atoms with van der Waals surface area (Å²) in [6.45, 7) is 1.63. The fourth-order valence-corrected chi connectivity index (χ4v) is 4.24. The van der Waals surface area contributed by atoms with Crippen molar-refractivity contribution in [3.05, 3.63) is 29.3 Å². The second kappa shape index (κ2) is 5.65. The molecule has 0 bridgehead atoms. The van der Waals surface area contributed by atoms with E-state index >= 15 is 0 Å². The van der Waals surface area contributed by atoms with Gasteiger partial charge in [0.15, 0.2) is 0 Å². The van der Waals surface area contributed by atoms with Crippen LogP contribution in [0.25, 0.3) is 0 Å². The van der Waals surface area contributed by atoms with E-state index in [9.17, 15) is 18.3 Å². The minimum absolute atomic E-state index is 0.0267. The number of hydrogen-bond donors (Lipinski definition) is 2. The van der Waals surface area contributed by atoms with E-state index in [4.69, 9.17) is 4.74 Å². The highest BCUT2D eigenvalue weighted by molar-refractivity contribution is 7.92. The van der Waals surface area contributed by atoms with E-state index in [1.807, 2.05) is 0 Å². The molecule has 0 saturated heterocycles. The minimum atomic E-state index is -3.68. The molecule has 1 aliphatic carbocycles. The van der Waals surface area contributed by atoms with Gasteiger partial charge in [0, 0.05) is 7.11 Å². The van der Waals surface area contributed by atoms with Gasteiger partial charge in [0.1, 0.15) is 0 Å². The summed E-state index contributed by atoms with van der Waals surface area (Å²) in [6, 6.07) is 4.70. The van der Waals surface area contributed by atoms with Crippen LogP contribution in [0, 0.1) is 6.92 Å². The second-order valence-corrected chi connectivity index (χ2v) is 7.13. The zero-order chi connectivity index (χ0) is 15.7. The maximum Gasteiger partial charge on any atom is 0.338 e. The van der Waals surface area contributed by atoms with Crippen LogP contribution < -0.4 is 4.72 Å². The number of anilines is 1. The predicted molar refractivity (Wildman–Crippen MR) is 79.1 cm³/mol. The van der Waals surface area contributed by atoms with Gasteiger partial charge in [0.25, 0.3) is 0 Å². The SMILES string of the molecule is COC1(CS(=O)(=O)Nc2cccc(C)c2C(=O)O)CCC1. The lowest BCUT2D eigenvalue weighted by molar-refractivity contribution is -0.0524. The summed E-state index contributed by atoms with van der Waals surface area (Å²) in [5.74, 6) is -1.32. The van der Waals surface area contributed by atoms with Crippen molar-refractivity contribution in [2.75, 3.05) is 17.6 Å². The Morgan fingerprint density at radius 2 is 2.10 bits per heavy atom. The molecule has 1 aromatic rings. The van der Waals surface area contributed by atoms with Gasteiger partial charge in [-0.1, -0.05) is 12.1 Å². The highest BCUT2D eigenvalue weighted by Crippen LogP contribution is 2.36. The topological polar surface area (TPSA) is 92.7 Å². The molecule has 1 aliphatic rings. The molecule has 1 saturated carbocycles. The molecule has 0 atom stereocenters. The summed E-state index contributed by atoms with van der Waals surface area (Å²) < 4.78 is 32.2. The number of carboxylic acid groups (broad SMARTS) is 1. The molecular formula is C14H19NO5S. The van der Waals surface area contributed by atoms with Gasteiger partial charge in [-0.3, -0.25) is 4.72 Å². The summed E-state index contributed by atoms with van der Waals surface area (Å²) in [4.78, 5) is 11.3. The predicted octanol–water partition coefficient (Wildman–Crippen LogP) is 2.00. The van der Waals surface area contributed by atoms with Gasteiger partial charge in [-0.2, -0.15) is 0 Å². The van der Waals surface area contributed by atoms with Crippen LogP contribution in [0.2, 0.25) is 0 Å². The molecule has 7 heteroatoms. The van der Waals surface area contributed by atoms with Crippen LogP contribution in [0.5, 0.6) is 0 Å². The molecule has 2 N–H and O–H groups in total. The van der Waals surface area contributed by atoms with Gasteiger partial charge in [-0.05, 0) is 37.8 Å². The Morgan fingerprint density at radius 3 is 2.57 bits per heavy atom. The van der Waals surface area contributed by atoms with Gasteiger partial charge in [0.2, 0.25) is 10.0 Å². The van der Waals surface area contributed by atoms with Gasteiger partial charge in [-0.15, -0.1) is 0 Å². The molecule has 116 valence electrons. The third-order valence-corrected chi connectivity index (χ3v) is 5.34. The first-order valence-electron chi connectivity index (χ1n) is 6.67. The molecule has 0 unspecified atom stereocenters. The number of sulfonamides is 1. The Bertz CT molecular complexity index is 644. The molecule has 1 aromatic carbocycles. The molecule has 0 aromatic heterocycles. The van der Waals surface area contributed by atoms with E-state index in [0.29, 0.717) is 18.4 Å². The number of carbonyl (C=O) groups is 1. The van der Waals surface area contributed by atoms with E-state index in [1.54, 1.807) is 19.1 Å². The molecule has 2 rings (SSSR count). The Balaban J connectivity index is 2.25. The third-order valence-electron chi connectivity index (χ3n) is 3.90. The number of carboxylic acids is 1. The lowest BCUT2D eigenvalue weighted by Crippen LogP contribution is -2.46. The Morgan fingerprint density at radius 1 is 1.43 bits per heavy atom. The van der Waals surface area contributed by atoms with Crippen LogP contribution in [-0.4, -0.2) is 38.0 Å². The lowest BCUT2D eigenvalue weighted by atomic mass is 9.82. The number of methoxy groups -OCH3 is 1. The Hall–Kier alpha value is -1.60. The largest absolute Gasteiger partial charge is 0.478 e. The van der Waals surface area contributed by atoms with Crippen LogP contribution in [0.4, 0.5) is 5.69 Å². The number of ether oxygens (including phenoxy) is 1. The summed E-state index contributed by atoms with van der Waals surface area (Å²) in [6.07, 6.45) is 2.34. The van der Waals surface area contributed by atoms with Crippen molar-refractivity contribution in [2.45, 2.75) is 31.8 Å². The number of benzene rings is 1. The molecule has 0 aliphatic heterocycles. The Kier molecular flexibility index (Phi) is 4.25. The van der Waals surface area contributed by atoms with Crippen LogP contribution in [0.15, 0.2) is 18.2 Å². The average molecular weight is 313 g/mol. The molecule has 1 fully saturated rings. The first kappa shape index (κ1) is 15.8. The fraction of sp³-hybridized carbons (Fsp3) is 0.500. The summed E-state index contributed by atoms with van der Waals surface area (Å²) in [5, 5.41) is 9.22. The quantitative estimate of drug-likeness (QED) is 0.838. The van der Waals surface area contributed by atoms with Gasteiger partial charge < -0.3 is 9.84 Å². The average Bonchev–Trinajstić information content (AvgIpc) is 2.33. The van der Waals surface area contributed by atoms with Crippen molar-refractivity contribution in [3.63, 3.8) is 0 Å². The third kappa shape index (κ3) is 3.36. The van der Waals surface area contributed by atoms with Crippen molar-refractivity contribution in [3.8, 4) is 0 Å². The number of aromatic carboxylic acids is 1. The maximum absolute atomic E-state index is 12.3. The first-order valence-corrected chi connectivity index (χ1v) is 8.32. The zero-order valence-corrected chi connectivity index (χ0v) is 12.9. The summed E-state index contributed by atoms with van der Waals surface area (Å²) in [7, 11) is -2.17. The minimum Gasteiger partial charge on any atom is -0.478 e. The van der Waals surface area contributed by atoms with Crippen LogP contribution in [0.3, 0.4) is 0 Å². The molecule has 0 spiro atoms. The monoisotopic (exact) mass is 313 g/mol. The highest BCUT2D eigenvalue weighted by Gasteiger charge is 2.41. The summed E-state index contributed by atoms with van der Waals surface area (Å²) >= 11 is 0. The first-order chi connectivity index (χ1) is 9.79. The number of aryl methyl sites for hydroxylation is 1. The highest BCUT2D eigenvalue weighted by atomic mass is 32.2. The molecular weight excluding hydrogens is 294 g/mol. The molecule has 0 amide bonds. The lowest BCUT2D eigenvalue weighted by Gasteiger charge is -2.40. The van der Waals surface area contributed by atoms with Crippen molar-refractivity contribution >= 4 is 21.7 Å².